The van der Waals surface area contributed by atoms with Gasteiger partial charge in [-0.2, -0.15) is 18.2 Å². The number of benzene rings is 1. The predicted molar refractivity (Wildman–Crippen MR) is 104 cm³/mol. The lowest BCUT2D eigenvalue weighted by Crippen LogP contribution is -2.30. The molecule has 0 unspecified atom stereocenters. The van der Waals surface area contributed by atoms with Crippen LogP contribution in [-0.2, 0) is 15.7 Å². The molecule has 0 aliphatic carbocycles. The normalized spacial score (nSPS) is 19.7. The number of amides is 1. The van der Waals surface area contributed by atoms with Crippen LogP contribution >= 0.6 is 0 Å². The smallest absolute Gasteiger partial charge is 0.375 e. The van der Waals surface area contributed by atoms with Crippen molar-refractivity contribution in [2.75, 3.05) is 30.9 Å². The third kappa shape index (κ3) is 3.55. The average Bonchev–Trinajstić information content (AvgIpc) is 3.25. The molecule has 0 spiro atoms. The fourth-order valence-corrected chi connectivity index (χ4v) is 4.29. The van der Waals surface area contributed by atoms with Crippen LogP contribution in [-0.4, -0.2) is 41.0 Å². The van der Waals surface area contributed by atoms with Gasteiger partial charge in [0, 0.05) is 25.5 Å². The van der Waals surface area contributed by atoms with Gasteiger partial charge in [0.25, 0.3) is 0 Å². The highest BCUT2D eigenvalue weighted by Crippen LogP contribution is 2.53. The molecule has 0 saturated carbocycles. The fourth-order valence-electron chi connectivity index (χ4n) is 4.29. The van der Waals surface area contributed by atoms with Crippen molar-refractivity contribution in [3.8, 4) is 0 Å². The number of rotatable bonds is 6. The molecule has 0 radical (unpaired) electrons. The van der Waals surface area contributed by atoms with E-state index < -0.39 is 11.7 Å². The Morgan fingerprint density at radius 1 is 1.27 bits per heavy atom. The fraction of sp³-hybridized carbons (Fsp3) is 0.450. The van der Waals surface area contributed by atoms with Crippen LogP contribution in [0.1, 0.15) is 48.5 Å². The first-order valence-electron chi connectivity index (χ1n) is 9.72. The van der Waals surface area contributed by atoms with Crippen LogP contribution in [0.4, 0.5) is 30.6 Å². The molecule has 1 aromatic heterocycles. The third-order valence-corrected chi connectivity index (χ3v) is 5.44. The lowest BCUT2D eigenvalue weighted by Gasteiger charge is -2.22. The molecule has 2 aromatic rings. The van der Waals surface area contributed by atoms with E-state index in [1.165, 1.54) is 7.11 Å². The zero-order valence-corrected chi connectivity index (χ0v) is 16.6. The summed E-state index contributed by atoms with van der Waals surface area (Å²) in [6.07, 6.45) is -1.99. The van der Waals surface area contributed by atoms with E-state index in [0.717, 1.165) is 30.2 Å². The van der Waals surface area contributed by atoms with E-state index in [2.05, 4.69) is 20.6 Å². The number of methoxy groups -OCH3 is 1. The summed E-state index contributed by atoms with van der Waals surface area (Å²) >= 11 is 0. The first-order chi connectivity index (χ1) is 14.3. The number of nitrogens with zero attached hydrogens (tertiary/aromatic N) is 3. The predicted octanol–water partition coefficient (Wildman–Crippen LogP) is 4.04. The molecule has 160 valence electrons. The van der Waals surface area contributed by atoms with E-state index >= 15 is 0 Å². The largest absolute Gasteiger partial charge is 0.421 e. The maximum absolute atomic E-state index is 13.1. The van der Waals surface area contributed by atoms with Gasteiger partial charge in [0.15, 0.2) is 0 Å². The van der Waals surface area contributed by atoms with E-state index in [4.69, 9.17) is 4.74 Å². The number of hydrogen-bond donors (Lipinski definition) is 2. The van der Waals surface area contributed by atoms with Gasteiger partial charge in [-0.15, -0.1) is 0 Å². The van der Waals surface area contributed by atoms with E-state index in [1.54, 1.807) is 6.92 Å². The summed E-state index contributed by atoms with van der Waals surface area (Å²) in [7, 11) is 1.50. The molecule has 2 aliphatic heterocycles. The van der Waals surface area contributed by atoms with Crippen molar-refractivity contribution in [3.63, 3.8) is 0 Å². The second-order valence-electron chi connectivity index (χ2n) is 7.30. The Hall–Kier alpha value is -2.88. The quantitative estimate of drug-likeness (QED) is 0.733. The first kappa shape index (κ1) is 20.4. The SMILES string of the molecule is CCNc1nc(Nc2ccc3c(c2)[C@H]2CC[C@@H]3N2C(=O)COC)ncc1C(F)(F)F. The highest BCUT2D eigenvalue weighted by Gasteiger charge is 2.46. The van der Waals surface area contributed by atoms with Crippen molar-refractivity contribution >= 4 is 23.4 Å². The standard InChI is InChI=1S/C20H22F3N5O2/c1-3-24-18-14(20(21,22)23)9-25-19(27-18)26-11-4-5-12-13(8-11)16-7-6-15(12)28(16)17(29)10-30-2/h4-5,8-9,15-16H,3,6-7,10H2,1-2H3,(H2,24,25,26,27)/t15-,16+/m0/s1. The van der Waals surface area contributed by atoms with Crippen LogP contribution < -0.4 is 10.6 Å². The number of alkyl halides is 3. The van der Waals surface area contributed by atoms with Gasteiger partial charge in [-0.25, -0.2) is 4.98 Å². The second kappa shape index (κ2) is 7.75. The molecule has 10 heteroatoms. The average molecular weight is 421 g/mol. The summed E-state index contributed by atoms with van der Waals surface area (Å²) in [6.45, 7) is 2.03. The van der Waals surface area contributed by atoms with Crippen molar-refractivity contribution in [2.45, 2.75) is 38.0 Å². The number of nitrogens with one attached hydrogen (secondary N) is 2. The van der Waals surface area contributed by atoms with E-state index in [1.807, 2.05) is 23.1 Å². The summed E-state index contributed by atoms with van der Waals surface area (Å²) in [5.74, 6) is -0.245. The molecule has 7 nitrogen and oxygen atoms in total. The topological polar surface area (TPSA) is 79.4 Å². The first-order valence-corrected chi connectivity index (χ1v) is 9.72. The molecule has 2 bridgehead atoms. The van der Waals surface area contributed by atoms with Crippen LogP contribution in [0.2, 0.25) is 0 Å². The molecular formula is C20H22F3N5O2. The summed E-state index contributed by atoms with van der Waals surface area (Å²) in [5, 5.41) is 5.62. The number of fused-ring (bicyclic) bond motifs is 5. The third-order valence-electron chi connectivity index (χ3n) is 5.44. The van der Waals surface area contributed by atoms with Gasteiger partial charge >= 0.3 is 6.18 Å². The summed E-state index contributed by atoms with van der Waals surface area (Å²) in [6, 6.07) is 5.72. The number of halogens is 3. The van der Waals surface area contributed by atoms with Gasteiger partial charge in [0.05, 0.1) is 12.1 Å². The van der Waals surface area contributed by atoms with Gasteiger partial charge in [0.2, 0.25) is 11.9 Å². The highest BCUT2D eigenvalue weighted by molar-refractivity contribution is 5.80. The maximum Gasteiger partial charge on any atom is 0.421 e. The van der Waals surface area contributed by atoms with E-state index in [0.29, 0.717) is 12.2 Å². The molecule has 3 heterocycles. The Bertz CT molecular complexity index is 966. The number of carbonyl (C=O) groups excluding carboxylic acids is 1. The van der Waals surface area contributed by atoms with Crippen molar-refractivity contribution < 1.29 is 22.7 Å². The van der Waals surface area contributed by atoms with E-state index in [-0.39, 0.29) is 36.4 Å². The van der Waals surface area contributed by atoms with Crippen LogP contribution in [0, 0.1) is 0 Å². The number of aromatic nitrogens is 2. The number of carbonyl (C=O) groups is 1. The van der Waals surface area contributed by atoms with Gasteiger partial charge in [-0.05, 0) is 43.0 Å². The molecular weight excluding hydrogens is 399 g/mol. The molecule has 4 rings (SSSR count). The Kier molecular flexibility index (Phi) is 5.27. The number of hydrogen-bond acceptors (Lipinski definition) is 6. The molecule has 1 aromatic carbocycles. The summed E-state index contributed by atoms with van der Waals surface area (Å²) < 4.78 is 44.4. The molecule has 2 atom stereocenters. The summed E-state index contributed by atoms with van der Waals surface area (Å²) in [4.78, 5) is 22.1. The van der Waals surface area contributed by atoms with E-state index in [9.17, 15) is 18.0 Å². The second-order valence-corrected chi connectivity index (χ2v) is 7.30. The molecule has 2 aliphatic rings. The minimum absolute atomic E-state index is 0.0137. The minimum Gasteiger partial charge on any atom is -0.375 e. The van der Waals surface area contributed by atoms with Crippen molar-refractivity contribution in [1.82, 2.24) is 14.9 Å². The zero-order valence-electron chi connectivity index (χ0n) is 16.6. The lowest BCUT2D eigenvalue weighted by molar-refractivity contribution is -0.138. The molecule has 1 saturated heterocycles. The molecule has 30 heavy (non-hydrogen) atoms. The highest BCUT2D eigenvalue weighted by atomic mass is 19.4. The van der Waals surface area contributed by atoms with Crippen molar-refractivity contribution in [1.29, 1.82) is 0 Å². The Morgan fingerprint density at radius 2 is 2.00 bits per heavy atom. The van der Waals surface area contributed by atoms with Gasteiger partial charge < -0.3 is 20.3 Å². The van der Waals surface area contributed by atoms with Crippen molar-refractivity contribution in [2.24, 2.45) is 0 Å². The minimum atomic E-state index is -4.54. The van der Waals surface area contributed by atoms with Crippen LogP contribution in [0.15, 0.2) is 24.4 Å². The lowest BCUT2D eigenvalue weighted by atomic mass is 9.91. The van der Waals surface area contributed by atoms with Crippen molar-refractivity contribution in [3.05, 3.63) is 41.1 Å². The zero-order chi connectivity index (χ0) is 21.5. The maximum atomic E-state index is 13.1. The molecule has 1 amide bonds. The van der Waals surface area contributed by atoms with Crippen LogP contribution in [0.5, 0.6) is 0 Å². The Labute approximate surface area is 171 Å². The molecule has 1 fully saturated rings. The summed E-state index contributed by atoms with van der Waals surface area (Å²) in [5.41, 5.74) is 1.89. The van der Waals surface area contributed by atoms with Gasteiger partial charge in [-0.1, -0.05) is 6.07 Å². The number of anilines is 3. The van der Waals surface area contributed by atoms with Crippen LogP contribution in [0.3, 0.4) is 0 Å². The molecule has 2 N–H and O–H groups in total. The Morgan fingerprint density at radius 3 is 2.67 bits per heavy atom. The monoisotopic (exact) mass is 421 g/mol. The van der Waals surface area contributed by atoms with Gasteiger partial charge in [0.1, 0.15) is 18.0 Å². The van der Waals surface area contributed by atoms with Gasteiger partial charge in [-0.3, -0.25) is 4.79 Å². The number of ether oxygens (including phenoxy) is 1. The Balaban J connectivity index is 1.59. The van der Waals surface area contributed by atoms with Crippen LogP contribution in [0.25, 0.3) is 0 Å².